The normalized spacial score (nSPS) is 13.7. The van der Waals surface area contributed by atoms with Crippen molar-refractivity contribution in [1.29, 1.82) is 0 Å². The van der Waals surface area contributed by atoms with Gasteiger partial charge in [-0.15, -0.1) is 23.5 Å². The van der Waals surface area contributed by atoms with Crippen LogP contribution in [0.5, 0.6) is 0 Å². The molecule has 1 saturated heterocycles. The molecule has 0 atom stereocenters. The van der Waals surface area contributed by atoms with Crippen molar-refractivity contribution in [2.24, 2.45) is 0 Å². The summed E-state index contributed by atoms with van der Waals surface area (Å²) >= 11 is 3.63. The molecule has 0 aliphatic carbocycles. The number of allylic oxidation sites excluding steroid dienone is 1. The zero-order valence-electron chi connectivity index (χ0n) is 14.9. The molecule has 3 aromatic carbocycles. The zero-order chi connectivity index (χ0) is 18.5. The summed E-state index contributed by atoms with van der Waals surface area (Å²) in [5.74, 6) is 2.18. The van der Waals surface area contributed by atoms with E-state index in [0.29, 0.717) is 0 Å². The van der Waals surface area contributed by atoms with Crippen molar-refractivity contribution in [3.63, 3.8) is 0 Å². The molecule has 3 aromatic rings. The first-order valence-electron chi connectivity index (χ1n) is 9.04. The lowest BCUT2D eigenvalue weighted by molar-refractivity contribution is 0.102. The molecule has 0 saturated carbocycles. The monoisotopic (exact) mass is 388 g/mol. The molecule has 1 nitrogen and oxygen atoms in total. The molecule has 4 rings (SSSR count). The highest BCUT2D eigenvalue weighted by Crippen LogP contribution is 2.46. The molecule has 0 unspecified atom stereocenters. The maximum absolute atomic E-state index is 13.6. The van der Waals surface area contributed by atoms with E-state index in [0.717, 1.165) is 33.8 Å². The number of thioether (sulfide) groups is 2. The van der Waals surface area contributed by atoms with E-state index < -0.39 is 0 Å². The molecule has 27 heavy (non-hydrogen) atoms. The Hall–Kier alpha value is -2.23. The van der Waals surface area contributed by atoms with Crippen LogP contribution < -0.4 is 0 Å². The van der Waals surface area contributed by atoms with E-state index in [4.69, 9.17) is 0 Å². The average Bonchev–Trinajstić information content (AvgIpc) is 3.28. The molecular formula is C24H20OS2. The molecule has 1 aliphatic heterocycles. The lowest BCUT2D eigenvalue weighted by Gasteiger charge is -2.23. The Labute approximate surface area is 168 Å². The van der Waals surface area contributed by atoms with Gasteiger partial charge in [0, 0.05) is 32.8 Å². The summed E-state index contributed by atoms with van der Waals surface area (Å²) in [6.07, 6.45) is 0. The van der Waals surface area contributed by atoms with Crippen LogP contribution in [-0.4, -0.2) is 17.3 Å². The lowest BCUT2D eigenvalue weighted by Crippen LogP contribution is -2.15. The summed E-state index contributed by atoms with van der Waals surface area (Å²) in [5, 5.41) is 0. The van der Waals surface area contributed by atoms with Crippen molar-refractivity contribution < 1.29 is 4.79 Å². The molecule has 0 spiro atoms. The fourth-order valence-electron chi connectivity index (χ4n) is 3.37. The number of carbonyl (C=O) groups is 1. The maximum Gasteiger partial charge on any atom is 0.191 e. The number of hydrogen-bond acceptors (Lipinski definition) is 3. The first-order chi connectivity index (χ1) is 13.3. The van der Waals surface area contributed by atoms with Crippen molar-refractivity contribution in [1.82, 2.24) is 0 Å². The third-order valence-electron chi connectivity index (χ3n) is 4.60. The minimum Gasteiger partial charge on any atom is -0.289 e. The number of carbonyl (C=O) groups excluding carboxylic acids is 1. The van der Waals surface area contributed by atoms with Gasteiger partial charge in [-0.3, -0.25) is 4.79 Å². The van der Waals surface area contributed by atoms with E-state index in [9.17, 15) is 4.79 Å². The van der Waals surface area contributed by atoms with Gasteiger partial charge >= 0.3 is 0 Å². The molecule has 134 valence electrons. The van der Waals surface area contributed by atoms with Crippen LogP contribution in [0.3, 0.4) is 0 Å². The van der Waals surface area contributed by atoms with E-state index in [2.05, 4.69) is 48.5 Å². The van der Waals surface area contributed by atoms with Crippen molar-refractivity contribution in [3.05, 3.63) is 117 Å². The number of rotatable bonds is 5. The number of hydrogen-bond donors (Lipinski definition) is 0. The van der Waals surface area contributed by atoms with Gasteiger partial charge in [0.25, 0.3) is 0 Å². The van der Waals surface area contributed by atoms with Crippen LogP contribution >= 0.6 is 23.5 Å². The van der Waals surface area contributed by atoms with Crippen molar-refractivity contribution >= 4 is 29.3 Å². The fourth-order valence-corrected chi connectivity index (χ4v) is 5.97. The van der Waals surface area contributed by atoms with Gasteiger partial charge in [-0.05, 0) is 11.1 Å². The first-order valence-corrected chi connectivity index (χ1v) is 11.0. The second-order valence-corrected chi connectivity index (χ2v) is 8.82. The van der Waals surface area contributed by atoms with Crippen LogP contribution in [0.25, 0.3) is 0 Å². The lowest BCUT2D eigenvalue weighted by atomic mass is 9.82. The number of Topliss-reactive ketones (excluding diaryl/α,β-unsaturated/α-hetero) is 1. The fraction of sp³-hybridized carbons (Fsp3) is 0.125. The Kier molecular flexibility index (Phi) is 5.81. The molecule has 0 amide bonds. The van der Waals surface area contributed by atoms with Gasteiger partial charge in [0.2, 0.25) is 0 Å². The standard InChI is InChI=1S/C24H20OS2/c25-23(20-14-8-3-9-15-20)22(24-26-16-17-27-24)21(18-10-4-1-5-11-18)19-12-6-2-7-13-19/h1-15,21H,16-17H2. The van der Waals surface area contributed by atoms with Crippen molar-refractivity contribution in [2.75, 3.05) is 11.5 Å². The van der Waals surface area contributed by atoms with Gasteiger partial charge in [-0.1, -0.05) is 91.0 Å². The predicted octanol–water partition coefficient (Wildman–Crippen LogP) is 6.39. The van der Waals surface area contributed by atoms with E-state index in [-0.39, 0.29) is 11.7 Å². The average molecular weight is 389 g/mol. The van der Waals surface area contributed by atoms with E-state index >= 15 is 0 Å². The minimum atomic E-state index is -0.0618. The smallest absolute Gasteiger partial charge is 0.191 e. The summed E-state index contributed by atoms with van der Waals surface area (Å²) < 4.78 is 1.17. The second kappa shape index (κ2) is 8.64. The Bertz CT molecular complexity index is 886. The van der Waals surface area contributed by atoms with Crippen LogP contribution in [0.2, 0.25) is 0 Å². The Morgan fingerprint density at radius 1 is 0.667 bits per heavy atom. The summed E-state index contributed by atoms with van der Waals surface area (Å²) in [7, 11) is 0. The van der Waals surface area contributed by atoms with Gasteiger partial charge in [-0.25, -0.2) is 0 Å². The molecular weight excluding hydrogens is 368 g/mol. The molecule has 0 bridgehead atoms. The molecule has 0 radical (unpaired) electrons. The predicted molar refractivity (Wildman–Crippen MR) is 117 cm³/mol. The van der Waals surface area contributed by atoms with Crippen LogP contribution in [0.1, 0.15) is 27.4 Å². The number of ketones is 1. The van der Waals surface area contributed by atoms with E-state index in [1.807, 2.05) is 66.0 Å². The first kappa shape index (κ1) is 18.1. The largest absolute Gasteiger partial charge is 0.289 e. The van der Waals surface area contributed by atoms with Crippen molar-refractivity contribution in [3.8, 4) is 0 Å². The van der Waals surface area contributed by atoms with Crippen LogP contribution in [0.15, 0.2) is 101 Å². The second-order valence-electron chi connectivity index (χ2n) is 6.35. The Morgan fingerprint density at radius 2 is 1.11 bits per heavy atom. The van der Waals surface area contributed by atoms with Crippen LogP contribution in [0.4, 0.5) is 0 Å². The minimum absolute atomic E-state index is 0.0618. The van der Waals surface area contributed by atoms with Gasteiger partial charge in [-0.2, -0.15) is 0 Å². The Balaban J connectivity index is 1.90. The van der Waals surface area contributed by atoms with Gasteiger partial charge in [0.1, 0.15) is 0 Å². The summed E-state index contributed by atoms with van der Waals surface area (Å²) in [6.45, 7) is 0. The quantitative estimate of drug-likeness (QED) is 0.372. The summed E-state index contributed by atoms with van der Waals surface area (Å²) in [6, 6.07) is 30.4. The molecule has 3 heteroatoms. The highest BCUT2D eigenvalue weighted by Gasteiger charge is 2.30. The summed E-state index contributed by atoms with van der Waals surface area (Å²) in [5.41, 5.74) is 3.98. The topological polar surface area (TPSA) is 17.1 Å². The Morgan fingerprint density at radius 3 is 1.59 bits per heavy atom. The zero-order valence-corrected chi connectivity index (χ0v) is 16.5. The molecule has 1 fully saturated rings. The van der Waals surface area contributed by atoms with E-state index in [1.54, 1.807) is 0 Å². The summed E-state index contributed by atoms with van der Waals surface area (Å²) in [4.78, 5) is 13.6. The molecule has 0 aromatic heterocycles. The van der Waals surface area contributed by atoms with Gasteiger partial charge in [0.05, 0.1) is 0 Å². The van der Waals surface area contributed by atoms with Crippen LogP contribution in [0, 0.1) is 0 Å². The number of benzene rings is 3. The van der Waals surface area contributed by atoms with Gasteiger partial charge in [0.15, 0.2) is 5.78 Å². The molecule has 1 heterocycles. The van der Waals surface area contributed by atoms with Gasteiger partial charge < -0.3 is 0 Å². The maximum atomic E-state index is 13.6. The SMILES string of the molecule is O=C(C(=C1SCCS1)C(c1ccccc1)c1ccccc1)c1ccccc1. The third-order valence-corrected chi connectivity index (χ3v) is 7.35. The highest BCUT2D eigenvalue weighted by molar-refractivity contribution is 8.25. The van der Waals surface area contributed by atoms with Crippen LogP contribution in [-0.2, 0) is 0 Å². The molecule has 0 N–H and O–H groups in total. The third kappa shape index (κ3) is 4.05. The van der Waals surface area contributed by atoms with Crippen molar-refractivity contribution in [2.45, 2.75) is 5.92 Å². The highest BCUT2D eigenvalue weighted by atomic mass is 32.2. The van der Waals surface area contributed by atoms with E-state index in [1.165, 1.54) is 4.24 Å². The molecule has 1 aliphatic rings.